The molecule has 0 unspecified atom stereocenters. The third-order valence-corrected chi connectivity index (χ3v) is 4.83. The van der Waals surface area contributed by atoms with Gasteiger partial charge in [-0.25, -0.2) is 4.79 Å². The fraction of sp³-hybridized carbons (Fsp3) is 0.217. The number of hydrogen-bond donors (Lipinski definition) is 0. The topological polar surface area (TPSA) is 52.8 Å². The van der Waals surface area contributed by atoms with E-state index in [0.717, 1.165) is 22.6 Å². The minimum absolute atomic E-state index is 0.316. The highest BCUT2D eigenvalue weighted by Crippen LogP contribution is 2.30. The van der Waals surface area contributed by atoms with E-state index in [1.165, 1.54) is 0 Å². The summed E-state index contributed by atoms with van der Waals surface area (Å²) >= 11 is 6.08. The summed E-state index contributed by atoms with van der Waals surface area (Å²) in [6.07, 6.45) is 1.81. The number of benzene rings is 2. The number of carbonyl (C=O) groups is 1. The Morgan fingerprint density at radius 1 is 1.14 bits per heavy atom. The number of aliphatic imine (C=N–C) groups is 1. The molecule has 0 amide bonds. The Morgan fingerprint density at radius 2 is 1.86 bits per heavy atom. The zero-order chi connectivity index (χ0) is 21.0. The maximum atomic E-state index is 11.9. The molecule has 3 aromatic rings. The van der Waals surface area contributed by atoms with E-state index in [1.807, 2.05) is 26.0 Å². The third-order valence-electron chi connectivity index (χ3n) is 4.59. The summed E-state index contributed by atoms with van der Waals surface area (Å²) in [5.74, 6) is 0.345. The lowest BCUT2D eigenvalue weighted by Crippen LogP contribution is -2.05. The van der Waals surface area contributed by atoms with Crippen molar-refractivity contribution in [3.63, 3.8) is 0 Å². The minimum Gasteiger partial charge on any atom is -0.494 e. The molecule has 2 aromatic carbocycles. The molecule has 0 aliphatic heterocycles. The number of aryl methyl sites for hydroxylation is 1. The number of hydrogen-bond acceptors (Lipinski definition) is 4. The number of nitrogens with zero attached hydrogens (tertiary/aromatic N) is 2. The van der Waals surface area contributed by atoms with Crippen molar-refractivity contribution >= 4 is 29.5 Å². The Hall–Kier alpha value is -3.05. The summed E-state index contributed by atoms with van der Waals surface area (Å²) in [5, 5.41) is 0.602. The molecule has 1 aromatic heterocycles. The summed E-state index contributed by atoms with van der Waals surface area (Å²) in [4.78, 5) is 16.4. The highest BCUT2D eigenvalue weighted by atomic mass is 35.5. The summed E-state index contributed by atoms with van der Waals surface area (Å²) in [5.41, 5.74) is 5.26. The zero-order valence-electron chi connectivity index (χ0n) is 16.9. The van der Waals surface area contributed by atoms with Crippen LogP contribution in [0.1, 0.15) is 34.2 Å². The monoisotopic (exact) mass is 410 g/mol. The Balaban J connectivity index is 1.91. The number of carbonyl (C=O) groups excluding carboxylic acids is 1. The second-order valence-electron chi connectivity index (χ2n) is 6.50. The van der Waals surface area contributed by atoms with Crippen LogP contribution in [0.15, 0.2) is 53.5 Å². The zero-order valence-corrected chi connectivity index (χ0v) is 17.7. The molecule has 0 atom stereocenters. The molecule has 0 saturated heterocycles. The Labute approximate surface area is 175 Å². The second kappa shape index (κ2) is 8.97. The standard InChI is InChI=1S/C23H23ClN2O3/c1-5-29-23(27)17-6-9-20(10-7-17)26-15(2)12-18(16(26)3)14-25-21-13-19(24)8-11-22(21)28-4/h6-14H,5H2,1-4H3. The number of halogens is 1. The Bertz CT molecular complexity index is 1050. The van der Waals surface area contributed by atoms with E-state index >= 15 is 0 Å². The first-order valence-corrected chi connectivity index (χ1v) is 9.66. The van der Waals surface area contributed by atoms with Gasteiger partial charge in [0.25, 0.3) is 0 Å². The number of methoxy groups -OCH3 is 1. The molecule has 0 fully saturated rings. The van der Waals surface area contributed by atoms with E-state index in [1.54, 1.807) is 50.6 Å². The molecule has 0 aliphatic rings. The molecule has 0 radical (unpaired) electrons. The van der Waals surface area contributed by atoms with Gasteiger partial charge in [-0.1, -0.05) is 11.6 Å². The van der Waals surface area contributed by atoms with E-state index in [4.69, 9.17) is 21.1 Å². The van der Waals surface area contributed by atoms with E-state index < -0.39 is 0 Å². The van der Waals surface area contributed by atoms with Crippen LogP contribution in [-0.4, -0.2) is 30.5 Å². The Kier molecular flexibility index (Phi) is 6.39. The molecule has 150 valence electrons. The van der Waals surface area contributed by atoms with Crippen molar-refractivity contribution in [3.05, 3.63) is 76.1 Å². The van der Waals surface area contributed by atoms with Crippen LogP contribution < -0.4 is 4.74 Å². The fourth-order valence-electron chi connectivity index (χ4n) is 3.18. The van der Waals surface area contributed by atoms with Crippen LogP contribution in [0.2, 0.25) is 5.02 Å². The van der Waals surface area contributed by atoms with E-state index in [2.05, 4.69) is 15.6 Å². The second-order valence-corrected chi connectivity index (χ2v) is 6.94. The lowest BCUT2D eigenvalue weighted by molar-refractivity contribution is 0.0526. The molecule has 0 N–H and O–H groups in total. The summed E-state index contributed by atoms with van der Waals surface area (Å²) in [6, 6.07) is 14.8. The van der Waals surface area contributed by atoms with Gasteiger partial charge in [0.15, 0.2) is 0 Å². The number of esters is 1. The van der Waals surface area contributed by atoms with Crippen LogP contribution in [0.3, 0.4) is 0 Å². The van der Waals surface area contributed by atoms with Gasteiger partial charge in [-0.05, 0) is 69.3 Å². The predicted molar refractivity (Wildman–Crippen MR) is 116 cm³/mol. The molecular formula is C23H23ClN2O3. The van der Waals surface area contributed by atoms with Crippen LogP contribution in [0.4, 0.5) is 5.69 Å². The molecule has 0 aliphatic carbocycles. The number of ether oxygens (including phenoxy) is 2. The highest BCUT2D eigenvalue weighted by Gasteiger charge is 2.12. The SMILES string of the molecule is CCOC(=O)c1ccc(-n2c(C)cc(C=Nc3cc(Cl)ccc3OC)c2C)cc1. The Morgan fingerprint density at radius 3 is 2.52 bits per heavy atom. The van der Waals surface area contributed by atoms with Crippen molar-refractivity contribution in [1.29, 1.82) is 0 Å². The van der Waals surface area contributed by atoms with Gasteiger partial charge in [0.05, 0.1) is 19.3 Å². The van der Waals surface area contributed by atoms with Gasteiger partial charge < -0.3 is 14.0 Å². The van der Waals surface area contributed by atoms with Crippen LogP contribution in [0, 0.1) is 13.8 Å². The van der Waals surface area contributed by atoms with Gasteiger partial charge in [0.1, 0.15) is 11.4 Å². The van der Waals surface area contributed by atoms with Gasteiger partial charge in [0.2, 0.25) is 0 Å². The average Bonchev–Trinajstić information content (AvgIpc) is 3.00. The molecule has 0 saturated carbocycles. The summed E-state index contributed by atoms with van der Waals surface area (Å²) in [6.45, 7) is 6.21. The van der Waals surface area contributed by atoms with Crippen molar-refractivity contribution in [3.8, 4) is 11.4 Å². The molecular weight excluding hydrogens is 388 g/mol. The first-order chi connectivity index (χ1) is 13.9. The van der Waals surface area contributed by atoms with Gasteiger partial charge in [-0.3, -0.25) is 4.99 Å². The van der Waals surface area contributed by atoms with Crippen LogP contribution in [-0.2, 0) is 4.74 Å². The number of aromatic nitrogens is 1. The molecule has 5 nitrogen and oxygen atoms in total. The van der Waals surface area contributed by atoms with E-state index in [0.29, 0.717) is 28.6 Å². The summed E-state index contributed by atoms with van der Waals surface area (Å²) in [7, 11) is 1.61. The van der Waals surface area contributed by atoms with Gasteiger partial charge in [0, 0.05) is 33.9 Å². The summed E-state index contributed by atoms with van der Waals surface area (Å²) < 4.78 is 12.5. The molecule has 0 spiro atoms. The van der Waals surface area contributed by atoms with Gasteiger partial charge in [-0.15, -0.1) is 0 Å². The third kappa shape index (κ3) is 4.51. The van der Waals surface area contributed by atoms with Gasteiger partial charge in [-0.2, -0.15) is 0 Å². The van der Waals surface area contributed by atoms with Crippen LogP contribution in [0.25, 0.3) is 5.69 Å². The van der Waals surface area contributed by atoms with Crippen molar-refractivity contribution in [2.24, 2.45) is 4.99 Å². The lowest BCUT2D eigenvalue weighted by Gasteiger charge is -2.10. The van der Waals surface area contributed by atoms with Crippen molar-refractivity contribution in [1.82, 2.24) is 4.57 Å². The smallest absolute Gasteiger partial charge is 0.338 e. The van der Waals surface area contributed by atoms with Crippen molar-refractivity contribution in [2.45, 2.75) is 20.8 Å². The van der Waals surface area contributed by atoms with Crippen LogP contribution >= 0.6 is 11.6 Å². The molecule has 6 heteroatoms. The molecule has 0 bridgehead atoms. The van der Waals surface area contributed by atoms with E-state index in [9.17, 15) is 4.79 Å². The molecule has 29 heavy (non-hydrogen) atoms. The first-order valence-electron chi connectivity index (χ1n) is 9.28. The largest absolute Gasteiger partial charge is 0.494 e. The lowest BCUT2D eigenvalue weighted by atomic mass is 10.2. The first kappa shape index (κ1) is 20.7. The van der Waals surface area contributed by atoms with Crippen molar-refractivity contribution in [2.75, 3.05) is 13.7 Å². The molecule has 3 rings (SSSR count). The van der Waals surface area contributed by atoms with E-state index in [-0.39, 0.29) is 5.97 Å². The average molecular weight is 411 g/mol. The van der Waals surface area contributed by atoms with Gasteiger partial charge >= 0.3 is 5.97 Å². The highest BCUT2D eigenvalue weighted by molar-refractivity contribution is 6.30. The maximum Gasteiger partial charge on any atom is 0.338 e. The maximum absolute atomic E-state index is 11.9. The normalized spacial score (nSPS) is 11.1. The molecule has 1 heterocycles. The predicted octanol–water partition coefficient (Wildman–Crippen LogP) is 5.68. The minimum atomic E-state index is -0.316. The van der Waals surface area contributed by atoms with Crippen LogP contribution in [0.5, 0.6) is 5.75 Å². The quantitative estimate of drug-likeness (QED) is 0.388. The fourth-order valence-corrected chi connectivity index (χ4v) is 3.35. The number of rotatable bonds is 6. The van der Waals surface area contributed by atoms with Crippen molar-refractivity contribution < 1.29 is 14.3 Å².